The molecule has 5 rings (SSSR count). The van der Waals surface area contributed by atoms with Crippen LogP contribution in [0.25, 0.3) is 5.57 Å². The molecule has 0 saturated carbocycles. The fourth-order valence-corrected chi connectivity index (χ4v) is 15.6. The zero-order chi connectivity index (χ0) is 50.5. The van der Waals surface area contributed by atoms with Crippen LogP contribution in [0.5, 0.6) is 0 Å². The summed E-state index contributed by atoms with van der Waals surface area (Å²) >= 11 is 3.61. The van der Waals surface area contributed by atoms with E-state index >= 15 is 0 Å². The number of hydrogen-bond donors (Lipinski definition) is 2. The second-order valence-corrected chi connectivity index (χ2v) is 27.4. The lowest BCUT2D eigenvalue weighted by Crippen LogP contribution is -2.42. The molecule has 10 nitrogen and oxygen atoms in total. The van der Waals surface area contributed by atoms with Gasteiger partial charge in [-0.1, -0.05) is 93.9 Å². The second kappa shape index (κ2) is 23.2. The number of benzene rings is 1. The van der Waals surface area contributed by atoms with Crippen LogP contribution in [0.4, 0.5) is 11.4 Å². The number of ketones is 1. The monoisotopic (exact) mass is 1010 g/mol. The van der Waals surface area contributed by atoms with Gasteiger partial charge >= 0.3 is 0 Å². The third kappa shape index (κ3) is 12.3. The summed E-state index contributed by atoms with van der Waals surface area (Å²) in [6.45, 7) is 30.2. The first-order valence-corrected chi connectivity index (χ1v) is 31.4. The van der Waals surface area contributed by atoms with Crippen molar-refractivity contribution in [2.45, 2.75) is 191 Å². The van der Waals surface area contributed by atoms with Crippen molar-refractivity contribution in [3.8, 4) is 0 Å². The summed E-state index contributed by atoms with van der Waals surface area (Å²) in [5.41, 5.74) is 3.83. The molecule has 0 radical (unpaired) electrons. The number of Topliss-reactive ketones (excluding diaryl/α,β-unsaturated/α-hetero) is 1. The van der Waals surface area contributed by atoms with E-state index in [1.54, 1.807) is 17.8 Å². The molecule has 2 N–H and O–H groups in total. The molecular weight excluding hydrogens is 929 g/mol. The molecule has 2 aliphatic heterocycles. The number of aliphatic hydroxyl groups excluding tert-OH is 1. The molecule has 2 aliphatic carbocycles. The lowest BCUT2D eigenvalue weighted by Gasteiger charge is -2.34. The Morgan fingerprint density at radius 1 is 0.750 bits per heavy atom. The molecule has 4 aliphatic rings. The van der Waals surface area contributed by atoms with E-state index in [2.05, 4.69) is 116 Å². The van der Waals surface area contributed by atoms with Crippen molar-refractivity contribution >= 4 is 72.0 Å². The Kier molecular flexibility index (Phi) is 19.2. The predicted octanol–water partition coefficient (Wildman–Crippen LogP) is 12.9. The average Bonchev–Trinajstić information content (AvgIpc) is 3.58. The van der Waals surface area contributed by atoms with Gasteiger partial charge in [-0.25, -0.2) is 16.8 Å². The molecule has 4 atom stereocenters. The Morgan fingerprint density at radius 3 is 1.81 bits per heavy atom. The van der Waals surface area contributed by atoms with Gasteiger partial charge in [0.25, 0.3) is 10.0 Å². The van der Waals surface area contributed by atoms with Gasteiger partial charge in [-0.05, 0) is 137 Å². The number of unbranched alkanes of at least 4 members (excludes halogenated alkanes) is 2. The normalized spacial score (nSPS) is 22.8. The minimum atomic E-state index is -3.99. The molecule has 1 saturated heterocycles. The van der Waals surface area contributed by atoms with Gasteiger partial charge in [0.05, 0.1) is 34.1 Å². The molecular formula is C54H86N4O6S4. The van der Waals surface area contributed by atoms with Crippen LogP contribution in [-0.2, 0) is 30.3 Å². The van der Waals surface area contributed by atoms with Crippen LogP contribution in [0, 0.1) is 17.3 Å². The highest BCUT2D eigenvalue weighted by molar-refractivity contribution is 7.99. The standard InChI is InChI=1S/C54H86N4O6S4/c1-15-19-23-39(17-3)33-65-25-21-27-67(61,62)55-45-31-47-43(53(11,12)37(9)57(47)35(5)6)29-41(45)49-51(59)50(52(49)60)42-30-44-48(58(36(7)8)38(10)54(44,13)14)32-46(42)56-68(63,64)28-22-26-66-34-40(18-4)24-20-16-2/h29-32,35-40,55,59H,15-28,33-34H2,1-14H3. The molecule has 0 bridgehead atoms. The Morgan fingerprint density at radius 2 is 1.29 bits per heavy atom. The Bertz CT molecular complexity index is 2380. The Hall–Kier alpha value is -2.68. The van der Waals surface area contributed by atoms with Gasteiger partial charge < -0.3 is 14.9 Å². The number of anilines is 2. The molecule has 1 aromatic rings. The molecule has 14 heteroatoms. The molecule has 2 heterocycles. The third-order valence-corrected chi connectivity index (χ3v) is 20.6. The summed E-state index contributed by atoms with van der Waals surface area (Å²) in [6.07, 6.45) is 13.9. The summed E-state index contributed by atoms with van der Waals surface area (Å²) in [6, 6.07) is 4.05. The zero-order valence-corrected chi connectivity index (χ0v) is 47.3. The van der Waals surface area contributed by atoms with Gasteiger partial charge in [-0.2, -0.15) is 27.9 Å². The van der Waals surface area contributed by atoms with Crippen LogP contribution in [0.2, 0.25) is 0 Å². The molecule has 4 unspecified atom stereocenters. The van der Waals surface area contributed by atoms with E-state index in [0.29, 0.717) is 36.0 Å². The number of carbonyl (C=O) groups excluding carboxylic acids is 1. The number of thioether (sulfide) groups is 2. The Balaban J connectivity index is 1.57. The fraction of sp³-hybridized carbons (Fsp3) is 0.704. The quantitative estimate of drug-likeness (QED) is 0.0682. The van der Waals surface area contributed by atoms with Crippen molar-refractivity contribution in [3.63, 3.8) is 0 Å². The van der Waals surface area contributed by atoms with Gasteiger partial charge in [-0.3, -0.25) is 9.52 Å². The van der Waals surface area contributed by atoms with Crippen LogP contribution in [0.1, 0.15) is 172 Å². The average molecular weight is 1020 g/mol. The number of likely N-dealkylation sites (tertiary alicyclic amines) is 1. The smallest absolute Gasteiger partial charge is 0.253 e. The second-order valence-electron chi connectivity index (χ2n) is 21.5. The molecule has 0 amide bonds. The van der Waals surface area contributed by atoms with Gasteiger partial charge in [-0.15, -0.1) is 0 Å². The van der Waals surface area contributed by atoms with Crippen LogP contribution < -0.4 is 9.62 Å². The number of rotatable bonds is 26. The first-order chi connectivity index (χ1) is 31.9. The number of sulfonamides is 2. The first kappa shape index (κ1) is 56.2. The van der Waals surface area contributed by atoms with Crippen molar-refractivity contribution < 1.29 is 26.7 Å². The number of nitrogens with one attached hydrogen (secondary N) is 1. The highest BCUT2D eigenvalue weighted by atomic mass is 32.2. The number of allylic oxidation sites excluding steroid dienone is 6. The predicted molar refractivity (Wildman–Crippen MR) is 294 cm³/mol. The third-order valence-electron chi connectivity index (χ3n) is 15.4. The topological polar surface area (TPSA) is 136 Å². The SMILES string of the molecule is CCCCC(CC)CSCCCS(=O)(=O)N=C1C=C2C(=CC1=C1C(=O)C(c3cc4c(cc3NS(=O)(=O)CCCSCC(CC)CCCC)N(C(C)C)C(C)C4(C)C)=C1O)C(C)(C)C(C)N2C(C)C. The van der Waals surface area contributed by atoms with Crippen molar-refractivity contribution in [2.75, 3.05) is 44.1 Å². The highest BCUT2D eigenvalue weighted by Gasteiger charge is 2.50. The van der Waals surface area contributed by atoms with Crippen LogP contribution in [0.15, 0.2) is 56.9 Å². The van der Waals surface area contributed by atoms with E-state index < -0.39 is 25.8 Å². The van der Waals surface area contributed by atoms with Crippen molar-refractivity contribution in [1.82, 2.24) is 4.90 Å². The van der Waals surface area contributed by atoms with Gasteiger partial charge in [0.2, 0.25) is 15.8 Å². The molecule has 0 spiro atoms. The van der Waals surface area contributed by atoms with Crippen LogP contribution in [-0.4, -0.2) is 97.0 Å². The summed E-state index contributed by atoms with van der Waals surface area (Å²) in [7, 11) is -7.86. The van der Waals surface area contributed by atoms with Crippen molar-refractivity contribution in [1.29, 1.82) is 0 Å². The maximum Gasteiger partial charge on any atom is 0.253 e. The summed E-state index contributed by atoms with van der Waals surface area (Å²) in [5.74, 6) is 3.71. The largest absolute Gasteiger partial charge is 0.506 e. The van der Waals surface area contributed by atoms with Crippen LogP contribution >= 0.6 is 23.5 Å². The molecule has 1 fully saturated rings. The van der Waals surface area contributed by atoms with E-state index in [4.69, 9.17) is 0 Å². The molecule has 68 heavy (non-hydrogen) atoms. The first-order valence-electron chi connectivity index (χ1n) is 25.8. The summed E-state index contributed by atoms with van der Waals surface area (Å²) in [4.78, 5) is 19.5. The number of fused-ring (bicyclic) bond motifs is 2. The van der Waals surface area contributed by atoms with Crippen molar-refractivity contribution in [2.24, 2.45) is 21.6 Å². The van der Waals surface area contributed by atoms with Gasteiger partial charge in [0, 0.05) is 57.5 Å². The fourth-order valence-electron chi connectivity index (χ4n) is 10.5. The number of hydrogen-bond acceptors (Lipinski definition) is 10. The lowest BCUT2D eigenvalue weighted by molar-refractivity contribution is -0.111. The lowest BCUT2D eigenvalue weighted by atomic mass is 9.74. The van der Waals surface area contributed by atoms with E-state index in [-0.39, 0.29) is 80.4 Å². The highest BCUT2D eigenvalue weighted by Crippen LogP contribution is 2.54. The zero-order valence-electron chi connectivity index (χ0n) is 44.1. The molecule has 0 aromatic heterocycles. The maximum atomic E-state index is 14.9. The minimum Gasteiger partial charge on any atom is -0.506 e. The van der Waals surface area contributed by atoms with E-state index in [1.807, 2.05) is 30.0 Å². The van der Waals surface area contributed by atoms with E-state index in [9.17, 15) is 26.7 Å². The molecule has 1 aromatic carbocycles. The molecule has 382 valence electrons. The Labute approximate surface area is 421 Å². The maximum absolute atomic E-state index is 14.9. The summed E-state index contributed by atoms with van der Waals surface area (Å²) < 4.78 is 63.2. The van der Waals surface area contributed by atoms with E-state index in [1.165, 1.54) is 38.5 Å². The van der Waals surface area contributed by atoms with Gasteiger partial charge in [0.1, 0.15) is 5.76 Å². The number of carbonyl (C=O) groups is 1. The van der Waals surface area contributed by atoms with Crippen LogP contribution in [0.3, 0.4) is 0 Å². The minimum absolute atomic E-state index is 0.00674. The number of nitrogens with zero attached hydrogens (tertiary/aromatic N) is 3. The number of aliphatic hydroxyl groups is 1. The van der Waals surface area contributed by atoms with Gasteiger partial charge in [0.15, 0.2) is 0 Å². The van der Waals surface area contributed by atoms with E-state index in [0.717, 1.165) is 52.6 Å². The van der Waals surface area contributed by atoms with Crippen molar-refractivity contribution in [3.05, 3.63) is 63.6 Å². The summed E-state index contributed by atoms with van der Waals surface area (Å²) in [5, 5.41) is 12.3.